The lowest BCUT2D eigenvalue weighted by Gasteiger charge is -2.36. The van der Waals surface area contributed by atoms with Crippen molar-refractivity contribution < 1.29 is 13.2 Å². The Morgan fingerprint density at radius 1 is 0.365 bits per heavy atom. The van der Waals surface area contributed by atoms with Crippen LogP contribution in [0, 0.1) is 45.1 Å². The number of nitrogens with zero attached hydrogens (tertiary/aromatic N) is 19. The van der Waals surface area contributed by atoms with Crippen molar-refractivity contribution in [3.05, 3.63) is 282 Å². The molecule has 0 atom stereocenters. The summed E-state index contributed by atoms with van der Waals surface area (Å²) in [6, 6.07) is 30.7. The maximum atomic E-state index is 14.5. The van der Waals surface area contributed by atoms with Gasteiger partial charge >= 0.3 is 0 Å². The molecule has 25 nitrogen and oxygen atoms in total. The molecule has 4 aliphatic heterocycles. The summed E-state index contributed by atoms with van der Waals surface area (Å²) in [5.74, 6) is -0.536. The van der Waals surface area contributed by atoms with Crippen molar-refractivity contribution >= 4 is 56.4 Å². The Morgan fingerprint density at radius 3 is 1.26 bits per heavy atom. The van der Waals surface area contributed by atoms with Crippen LogP contribution in [0.4, 0.5) is 18.9 Å². The molecule has 28 heteroatoms. The molecule has 0 amide bonds. The van der Waals surface area contributed by atoms with Gasteiger partial charge in [0.1, 0.15) is 28.2 Å². The summed E-state index contributed by atoms with van der Waals surface area (Å²) in [5.41, 5.74) is 17.5. The van der Waals surface area contributed by atoms with Crippen LogP contribution in [0.15, 0.2) is 203 Å². The molecule has 3 saturated heterocycles. The van der Waals surface area contributed by atoms with Crippen LogP contribution in [0.3, 0.4) is 0 Å². The minimum absolute atomic E-state index is 0.0186. The number of piperidine rings is 2. The van der Waals surface area contributed by atoms with Crippen molar-refractivity contribution in [2.24, 2.45) is 0 Å². The van der Waals surface area contributed by atoms with E-state index in [0.717, 1.165) is 183 Å². The van der Waals surface area contributed by atoms with E-state index in [1.807, 2.05) is 124 Å². The Kier molecular flexibility index (Phi) is 19.7. The number of anilines is 1. The largest absolute Gasteiger partial charge is 0.368 e. The van der Waals surface area contributed by atoms with Gasteiger partial charge in [0.15, 0.2) is 34.4 Å². The second kappa shape index (κ2) is 30.7. The first kappa shape index (κ1) is 73.8. The van der Waals surface area contributed by atoms with Crippen molar-refractivity contribution in [2.75, 3.05) is 77.4 Å². The van der Waals surface area contributed by atoms with Gasteiger partial charge in [0.2, 0.25) is 0 Å². The van der Waals surface area contributed by atoms with E-state index < -0.39 is 17.5 Å². The van der Waals surface area contributed by atoms with Crippen molar-refractivity contribution in [3.63, 3.8) is 0 Å². The predicted octanol–water partition coefficient (Wildman–Crippen LogP) is 11.6. The number of aryl methyl sites for hydroxylation is 4. The summed E-state index contributed by atoms with van der Waals surface area (Å²) < 4.78 is 56.6. The minimum Gasteiger partial charge on any atom is -0.368 e. The molecular weight excluding hydrogens is 1460 g/mol. The summed E-state index contributed by atoms with van der Waals surface area (Å²) in [7, 11) is 2.07. The lowest BCUT2D eigenvalue weighted by molar-refractivity contribution is 0.248. The highest BCUT2D eigenvalue weighted by Crippen LogP contribution is 2.32. The van der Waals surface area contributed by atoms with Gasteiger partial charge in [-0.1, -0.05) is 6.08 Å². The van der Waals surface area contributed by atoms with E-state index in [1.54, 1.807) is 83.5 Å². The fourth-order valence-corrected chi connectivity index (χ4v) is 16.2. The molecule has 0 unspecified atom stereocenters. The molecule has 582 valence electrons. The van der Waals surface area contributed by atoms with Gasteiger partial charge in [-0.25, -0.2) is 53.0 Å². The van der Waals surface area contributed by atoms with Crippen molar-refractivity contribution in [1.82, 2.24) is 95.5 Å². The van der Waals surface area contributed by atoms with E-state index in [4.69, 9.17) is 9.97 Å². The first-order valence-corrected chi connectivity index (χ1v) is 39.1. The molecule has 115 heavy (non-hydrogen) atoms. The Morgan fingerprint density at radius 2 is 0.765 bits per heavy atom. The number of piperazine rings is 1. The summed E-state index contributed by atoms with van der Waals surface area (Å²) in [5, 5.41) is 6.69. The molecule has 21 rings (SSSR count). The number of hydrogen-bond acceptors (Lipinski definition) is 17. The zero-order valence-electron chi connectivity index (χ0n) is 64.3. The van der Waals surface area contributed by atoms with E-state index in [-0.39, 0.29) is 27.9 Å². The van der Waals surface area contributed by atoms with Gasteiger partial charge in [0, 0.05) is 189 Å². The van der Waals surface area contributed by atoms with Crippen molar-refractivity contribution in [3.8, 4) is 44.6 Å². The third-order valence-electron chi connectivity index (χ3n) is 22.4. The number of rotatable bonds is 9. The second-order valence-electron chi connectivity index (χ2n) is 30.7. The van der Waals surface area contributed by atoms with E-state index in [1.165, 1.54) is 45.9 Å². The molecule has 4 fully saturated rings. The molecule has 16 aromatic heterocycles. The Labute approximate surface area is 656 Å². The van der Waals surface area contributed by atoms with Gasteiger partial charge in [0.05, 0.1) is 51.2 Å². The molecule has 2 N–H and O–H groups in total. The number of halogens is 3. The fourth-order valence-electron chi connectivity index (χ4n) is 16.2. The Bertz CT molecular complexity index is 6790. The van der Waals surface area contributed by atoms with Crippen LogP contribution in [0.1, 0.15) is 96.6 Å². The normalized spacial score (nSPS) is 16.0. The molecular formula is C87H84F3N21O4. The van der Waals surface area contributed by atoms with Gasteiger partial charge in [-0.2, -0.15) is 0 Å². The fraction of sp³-hybridized carbons (Fsp3) is 0.287. The Hall–Kier alpha value is -12.6. The van der Waals surface area contributed by atoms with E-state index in [2.05, 4.69) is 68.4 Å². The lowest BCUT2D eigenvalue weighted by Crippen LogP contribution is -2.47. The molecule has 0 spiro atoms. The van der Waals surface area contributed by atoms with E-state index in [9.17, 15) is 32.3 Å². The topological polar surface area (TPSA) is 240 Å². The average Bonchev–Trinajstić information content (AvgIpc) is 1.74. The van der Waals surface area contributed by atoms with Gasteiger partial charge in [0.25, 0.3) is 22.2 Å². The number of fused-ring (bicyclic) bond motifs is 8. The standard InChI is InChI=1S/C23H23FN6O.C22H20FN5O.C21H20FN5O.C21H21N5O/c1-15-12-29-13-16(10-19(24)23(29)25-15)20-11-22(31)30-14-18(4-5-21(30)26-20)28-8-6-27(7-9-28)17-2-3-17;1-14-11-27-12-17(9-18(23)22(27)24-14)16-3-4-20-25-19(10-21(29)28(20)13-16)15-5-7-26(2)8-6-15;1-13-10-26-11-16(8-17(22)21(26)24-13)15-2-3-19-25-18(9-20(28)27(19)12-15)14-4-6-23-7-5-14;1-14-11-25-12-16(2-4-19(25)23-14)17-3-5-20-24-18(10-21(27)26(20)13-17)15-6-8-22-9-7-15/h4-5,10-14,17H,2-3,6-9H2,1H3;3-5,9-13H,6-8H2,1-2H3;2-3,8-12,14,23H,4-7H2,1H3;2-5,10-13,15,22H,6-9H2,1H3. The van der Waals surface area contributed by atoms with Crippen LogP contribution < -0.4 is 37.8 Å². The molecule has 16 aromatic rings. The quantitative estimate of drug-likeness (QED) is 0.136. The highest BCUT2D eigenvalue weighted by Gasteiger charge is 2.32. The number of imidazole rings is 4. The highest BCUT2D eigenvalue weighted by atomic mass is 19.1. The molecule has 5 aliphatic rings. The van der Waals surface area contributed by atoms with Gasteiger partial charge in [-0.3, -0.25) is 41.7 Å². The van der Waals surface area contributed by atoms with E-state index >= 15 is 0 Å². The molecule has 20 heterocycles. The zero-order chi connectivity index (χ0) is 78.9. The molecule has 1 aliphatic carbocycles. The number of likely N-dealkylation sites (N-methyl/N-ethyl adjacent to an activating group) is 1. The third kappa shape index (κ3) is 15.3. The summed E-state index contributed by atoms with van der Waals surface area (Å²) >= 11 is 0. The van der Waals surface area contributed by atoms with Gasteiger partial charge in [-0.15, -0.1) is 0 Å². The maximum absolute atomic E-state index is 14.5. The maximum Gasteiger partial charge on any atom is 0.258 e. The lowest BCUT2D eigenvalue weighted by atomic mass is 9.94. The minimum atomic E-state index is -0.437. The first-order valence-electron chi connectivity index (χ1n) is 39.1. The van der Waals surface area contributed by atoms with Crippen LogP contribution in [-0.4, -0.2) is 163 Å². The second-order valence-corrected chi connectivity index (χ2v) is 30.7. The first-order chi connectivity index (χ1) is 55.8. The monoisotopic (exact) mass is 1540 g/mol. The van der Waals surface area contributed by atoms with Crippen molar-refractivity contribution in [1.29, 1.82) is 0 Å². The number of aromatic nitrogens is 16. The molecule has 0 bridgehead atoms. The van der Waals surface area contributed by atoms with Crippen LogP contribution in [0.25, 0.3) is 95.4 Å². The number of pyridine rings is 8. The Balaban J connectivity index is 0.000000106. The van der Waals surface area contributed by atoms with Gasteiger partial charge in [-0.05, 0) is 196 Å². The number of nitrogens with one attached hydrogen (secondary N) is 2. The number of hydrogen-bond donors (Lipinski definition) is 2. The average molecular weight is 1540 g/mol. The van der Waals surface area contributed by atoms with Crippen LogP contribution >= 0.6 is 0 Å². The third-order valence-corrected chi connectivity index (χ3v) is 22.4. The summed E-state index contributed by atoms with van der Waals surface area (Å²) in [6.45, 7) is 17.2. The van der Waals surface area contributed by atoms with Crippen LogP contribution in [0.5, 0.6) is 0 Å². The molecule has 0 aromatic carbocycles. The molecule has 0 radical (unpaired) electrons. The SMILES string of the molecule is Cc1cn2cc(-c3cc(=O)n4cc(N5CCN(C6CC6)CC5)ccc4n3)cc(F)c2n1.Cc1cn2cc(-c3ccc4nc(C5=CCN(C)CC5)cc(=O)n4c3)cc(F)c2n1.Cc1cn2cc(-c3ccc4nc(C5CCNCC5)cc(=O)n4c3)cc(F)c2n1.Cc1cn2cc(-c3ccc4nc(C5CCNCC5)cc(=O)n4c3)ccc2n1. The van der Waals surface area contributed by atoms with Crippen molar-refractivity contribution in [2.45, 2.75) is 90.5 Å². The smallest absolute Gasteiger partial charge is 0.258 e. The summed E-state index contributed by atoms with van der Waals surface area (Å²) in [4.78, 5) is 94.0. The van der Waals surface area contributed by atoms with Crippen LogP contribution in [0.2, 0.25) is 0 Å². The van der Waals surface area contributed by atoms with E-state index in [0.29, 0.717) is 68.1 Å². The molecule has 1 saturated carbocycles. The van der Waals surface area contributed by atoms with Gasteiger partial charge < -0.3 is 38.0 Å². The summed E-state index contributed by atoms with van der Waals surface area (Å²) in [6.07, 6.45) is 31.6. The van der Waals surface area contributed by atoms with Crippen LogP contribution in [-0.2, 0) is 0 Å². The predicted molar refractivity (Wildman–Crippen MR) is 438 cm³/mol. The highest BCUT2D eigenvalue weighted by molar-refractivity contribution is 5.71. The zero-order valence-corrected chi connectivity index (χ0v) is 64.3.